The van der Waals surface area contributed by atoms with Gasteiger partial charge in [0.2, 0.25) is 5.75 Å². The summed E-state index contributed by atoms with van der Waals surface area (Å²) in [6, 6.07) is 0.297. The van der Waals surface area contributed by atoms with E-state index in [2.05, 4.69) is 27.1 Å². The number of anilines is 2. The Bertz CT molecular complexity index is 392. The van der Waals surface area contributed by atoms with Crippen LogP contribution in [0.5, 0.6) is 5.75 Å². The zero-order chi connectivity index (χ0) is 13.0. The normalized spacial score (nSPS) is 17.7. The number of ether oxygens (including phenoxy) is 1. The summed E-state index contributed by atoms with van der Waals surface area (Å²) in [6.07, 6.45) is 4.05. The molecule has 1 atom stereocenters. The molecule has 2 rings (SSSR count). The van der Waals surface area contributed by atoms with Crippen LogP contribution >= 0.6 is 0 Å². The predicted molar refractivity (Wildman–Crippen MR) is 71.8 cm³/mol. The molecule has 0 radical (unpaired) electrons. The molecule has 0 aromatic carbocycles. The van der Waals surface area contributed by atoms with E-state index >= 15 is 0 Å². The molecule has 0 aliphatic carbocycles. The second kappa shape index (κ2) is 5.86. The van der Waals surface area contributed by atoms with Crippen LogP contribution in [0, 0.1) is 0 Å². The second-order valence-corrected chi connectivity index (χ2v) is 4.69. The summed E-state index contributed by atoms with van der Waals surface area (Å²) >= 11 is 0. The zero-order valence-electron chi connectivity index (χ0n) is 11.0. The lowest BCUT2D eigenvalue weighted by Gasteiger charge is -2.22. The number of rotatable bonds is 5. The lowest BCUT2D eigenvalue weighted by molar-refractivity contribution is 0.327. The standard InChI is InChI=1S/C12H21N5O/c1-9(7-17-5-3-4-6-17)16-12-10(18-2)11(13)14-8-15-12/h8-9H,3-7H2,1-2H3,(H3,13,14,15,16). The maximum Gasteiger partial charge on any atom is 0.203 e. The quantitative estimate of drug-likeness (QED) is 0.812. The van der Waals surface area contributed by atoms with E-state index in [0.29, 0.717) is 23.4 Å². The maximum atomic E-state index is 5.74. The SMILES string of the molecule is COc1c(N)ncnc1NC(C)CN1CCCC1. The third-order valence-electron chi connectivity index (χ3n) is 3.15. The molecule has 0 saturated carbocycles. The largest absolute Gasteiger partial charge is 0.490 e. The van der Waals surface area contributed by atoms with Crippen LogP contribution in [0.1, 0.15) is 19.8 Å². The minimum Gasteiger partial charge on any atom is -0.490 e. The summed E-state index contributed by atoms with van der Waals surface area (Å²) in [6.45, 7) is 5.52. The summed E-state index contributed by atoms with van der Waals surface area (Å²) in [4.78, 5) is 10.5. The van der Waals surface area contributed by atoms with Gasteiger partial charge in [0, 0.05) is 12.6 Å². The molecule has 1 unspecified atom stereocenters. The van der Waals surface area contributed by atoms with Gasteiger partial charge in [0.05, 0.1) is 7.11 Å². The molecule has 0 amide bonds. The van der Waals surface area contributed by atoms with Crippen LogP contribution in [0.25, 0.3) is 0 Å². The first-order valence-corrected chi connectivity index (χ1v) is 6.34. The minimum absolute atomic E-state index is 0.297. The first-order valence-electron chi connectivity index (χ1n) is 6.34. The molecular weight excluding hydrogens is 230 g/mol. The van der Waals surface area contributed by atoms with Gasteiger partial charge in [0.25, 0.3) is 0 Å². The zero-order valence-corrected chi connectivity index (χ0v) is 11.0. The Morgan fingerprint density at radius 1 is 1.44 bits per heavy atom. The number of likely N-dealkylation sites (tertiary alicyclic amines) is 1. The lowest BCUT2D eigenvalue weighted by atomic mass is 10.3. The van der Waals surface area contributed by atoms with Gasteiger partial charge < -0.3 is 20.7 Å². The van der Waals surface area contributed by atoms with Crippen molar-refractivity contribution >= 4 is 11.6 Å². The topological polar surface area (TPSA) is 76.3 Å². The van der Waals surface area contributed by atoms with E-state index in [9.17, 15) is 0 Å². The third kappa shape index (κ3) is 3.01. The number of nitrogens with two attached hydrogens (primary N) is 1. The van der Waals surface area contributed by atoms with Gasteiger partial charge in [-0.15, -0.1) is 0 Å². The Morgan fingerprint density at radius 2 is 2.17 bits per heavy atom. The third-order valence-corrected chi connectivity index (χ3v) is 3.15. The molecule has 1 aliphatic rings. The fourth-order valence-corrected chi connectivity index (χ4v) is 2.32. The average molecular weight is 251 g/mol. The summed E-state index contributed by atoms with van der Waals surface area (Å²) in [5.41, 5.74) is 5.74. The van der Waals surface area contributed by atoms with Crippen LogP contribution in [-0.2, 0) is 0 Å². The van der Waals surface area contributed by atoms with Crippen molar-refractivity contribution in [1.82, 2.24) is 14.9 Å². The number of hydrogen-bond acceptors (Lipinski definition) is 6. The number of methoxy groups -OCH3 is 1. The highest BCUT2D eigenvalue weighted by molar-refractivity contribution is 5.61. The lowest BCUT2D eigenvalue weighted by Crippen LogP contribution is -2.33. The van der Waals surface area contributed by atoms with E-state index in [-0.39, 0.29) is 0 Å². The van der Waals surface area contributed by atoms with Gasteiger partial charge in [0.15, 0.2) is 11.6 Å². The Kier molecular flexibility index (Phi) is 4.19. The molecule has 18 heavy (non-hydrogen) atoms. The summed E-state index contributed by atoms with van der Waals surface area (Å²) in [5.74, 6) is 1.55. The van der Waals surface area contributed by atoms with Crippen molar-refractivity contribution in [2.75, 3.05) is 37.8 Å². The molecule has 6 heteroatoms. The number of nitrogens with zero attached hydrogens (tertiary/aromatic N) is 3. The van der Waals surface area contributed by atoms with Crippen molar-refractivity contribution in [3.05, 3.63) is 6.33 Å². The van der Waals surface area contributed by atoms with Gasteiger partial charge in [-0.3, -0.25) is 0 Å². The molecule has 1 aromatic rings. The van der Waals surface area contributed by atoms with Gasteiger partial charge in [-0.05, 0) is 32.9 Å². The molecule has 100 valence electrons. The van der Waals surface area contributed by atoms with Crippen molar-refractivity contribution in [2.45, 2.75) is 25.8 Å². The summed E-state index contributed by atoms with van der Waals surface area (Å²) in [7, 11) is 1.57. The number of hydrogen-bond donors (Lipinski definition) is 2. The van der Waals surface area contributed by atoms with Crippen molar-refractivity contribution in [3.8, 4) is 5.75 Å². The highest BCUT2D eigenvalue weighted by Gasteiger charge is 2.17. The van der Waals surface area contributed by atoms with Crippen molar-refractivity contribution in [3.63, 3.8) is 0 Å². The molecule has 0 spiro atoms. The molecule has 0 bridgehead atoms. The molecule has 1 aromatic heterocycles. The summed E-state index contributed by atoms with van der Waals surface area (Å²) in [5, 5.41) is 3.33. The Balaban J connectivity index is 1.97. The van der Waals surface area contributed by atoms with E-state index in [1.165, 1.54) is 32.3 Å². The highest BCUT2D eigenvalue weighted by atomic mass is 16.5. The van der Waals surface area contributed by atoms with Crippen LogP contribution < -0.4 is 15.8 Å². The van der Waals surface area contributed by atoms with Gasteiger partial charge in [-0.1, -0.05) is 0 Å². The Morgan fingerprint density at radius 3 is 2.83 bits per heavy atom. The van der Waals surface area contributed by atoms with Crippen LogP contribution in [0.4, 0.5) is 11.6 Å². The second-order valence-electron chi connectivity index (χ2n) is 4.69. The van der Waals surface area contributed by atoms with Crippen molar-refractivity contribution in [2.24, 2.45) is 0 Å². The van der Waals surface area contributed by atoms with Crippen LogP contribution in [-0.4, -0.2) is 47.7 Å². The molecule has 3 N–H and O–H groups in total. The van der Waals surface area contributed by atoms with Crippen molar-refractivity contribution in [1.29, 1.82) is 0 Å². The fourth-order valence-electron chi connectivity index (χ4n) is 2.32. The average Bonchev–Trinajstić information content (AvgIpc) is 2.82. The van der Waals surface area contributed by atoms with Crippen LogP contribution in [0.3, 0.4) is 0 Å². The molecule has 2 heterocycles. The van der Waals surface area contributed by atoms with E-state index in [1.54, 1.807) is 7.11 Å². The van der Waals surface area contributed by atoms with E-state index in [1.807, 2.05) is 0 Å². The van der Waals surface area contributed by atoms with Gasteiger partial charge in [-0.25, -0.2) is 9.97 Å². The first-order chi connectivity index (χ1) is 8.70. The Hall–Kier alpha value is -1.56. The van der Waals surface area contributed by atoms with E-state index in [4.69, 9.17) is 10.5 Å². The Labute approximate surface area is 108 Å². The van der Waals surface area contributed by atoms with Crippen molar-refractivity contribution < 1.29 is 4.74 Å². The molecular formula is C12H21N5O. The van der Waals surface area contributed by atoms with Crippen LogP contribution in [0.15, 0.2) is 6.33 Å². The monoisotopic (exact) mass is 251 g/mol. The number of nitrogen functional groups attached to an aromatic ring is 1. The predicted octanol–water partition coefficient (Wildman–Crippen LogP) is 0.964. The summed E-state index contributed by atoms with van der Waals surface area (Å²) < 4.78 is 5.22. The first kappa shape index (κ1) is 12.9. The molecule has 1 saturated heterocycles. The van der Waals surface area contributed by atoms with E-state index < -0.39 is 0 Å². The van der Waals surface area contributed by atoms with Gasteiger partial charge in [-0.2, -0.15) is 0 Å². The van der Waals surface area contributed by atoms with Crippen LogP contribution in [0.2, 0.25) is 0 Å². The smallest absolute Gasteiger partial charge is 0.203 e. The van der Waals surface area contributed by atoms with E-state index in [0.717, 1.165) is 6.54 Å². The molecule has 1 aliphatic heterocycles. The number of nitrogens with one attached hydrogen (secondary N) is 1. The van der Waals surface area contributed by atoms with Gasteiger partial charge in [0.1, 0.15) is 6.33 Å². The molecule has 6 nitrogen and oxygen atoms in total. The fraction of sp³-hybridized carbons (Fsp3) is 0.667. The maximum absolute atomic E-state index is 5.74. The minimum atomic E-state index is 0.297. The highest BCUT2D eigenvalue weighted by Crippen LogP contribution is 2.26. The molecule has 1 fully saturated rings. The number of aromatic nitrogens is 2. The van der Waals surface area contributed by atoms with Gasteiger partial charge >= 0.3 is 0 Å².